The van der Waals surface area contributed by atoms with Crippen molar-refractivity contribution in [2.75, 3.05) is 0 Å². The van der Waals surface area contributed by atoms with Gasteiger partial charge in [-0.3, -0.25) is 0 Å². The van der Waals surface area contributed by atoms with Gasteiger partial charge in [-0.2, -0.15) is 0 Å². The molecule has 16 heavy (non-hydrogen) atoms. The lowest BCUT2D eigenvalue weighted by atomic mass is 9.81. The van der Waals surface area contributed by atoms with Crippen LogP contribution in [0.4, 0.5) is 0 Å². The number of hydrogen-bond acceptors (Lipinski definition) is 1. The third-order valence-corrected chi connectivity index (χ3v) is 3.62. The van der Waals surface area contributed by atoms with E-state index in [0.29, 0.717) is 0 Å². The maximum atomic E-state index is 10.4. The van der Waals surface area contributed by atoms with Crippen LogP contribution in [0, 0.1) is 5.92 Å². The van der Waals surface area contributed by atoms with Gasteiger partial charge in [-0.25, -0.2) is 0 Å². The van der Waals surface area contributed by atoms with Crippen molar-refractivity contribution in [3.8, 4) is 0 Å². The second-order valence-corrected chi connectivity index (χ2v) is 5.04. The van der Waals surface area contributed by atoms with Crippen LogP contribution in [-0.4, -0.2) is 10.7 Å². The van der Waals surface area contributed by atoms with Crippen LogP contribution >= 0.6 is 0 Å². The second-order valence-electron chi connectivity index (χ2n) is 5.04. The Morgan fingerprint density at radius 1 is 1.06 bits per heavy atom. The quantitative estimate of drug-likeness (QED) is 0.639. The van der Waals surface area contributed by atoms with Gasteiger partial charge in [-0.05, 0) is 6.42 Å². The molecule has 0 aromatic carbocycles. The fourth-order valence-electron chi connectivity index (χ4n) is 2.27. The number of hydrogen-bond donors (Lipinski definition) is 1. The number of unbranched alkanes of at least 4 members (excludes halogenated alkanes) is 5. The predicted octanol–water partition coefficient (Wildman–Crippen LogP) is 4.23. The van der Waals surface area contributed by atoms with Crippen molar-refractivity contribution in [1.82, 2.24) is 0 Å². The average molecular weight is 222 g/mol. The van der Waals surface area contributed by atoms with Gasteiger partial charge >= 0.3 is 0 Å². The molecule has 0 spiro atoms. The first-order valence-electron chi connectivity index (χ1n) is 6.77. The number of rotatable bonds is 7. The highest BCUT2D eigenvalue weighted by atomic mass is 16.3. The van der Waals surface area contributed by atoms with Crippen LogP contribution in [0.3, 0.4) is 0 Å². The Bertz CT molecular complexity index is 242. The van der Waals surface area contributed by atoms with Crippen LogP contribution in [0.1, 0.15) is 58.8 Å². The Morgan fingerprint density at radius 2 is 1.75 bits per heavy atom. The van der Waals surface area contributed by atoms with Gasteiger partial charge in [0.05, 0.1) is 5.60 Å². The molecular formula is C15H26O. The summed E-state index contributed by atoms with van der Waals surface area (Å²) in [7, 11) is 0. The van der Waals surface area contributed by atoms with Gasteiger partial charge in [0, 0.05) is 5.92 Å². The van der Waals surface area contributed by atoms with E-state index in [1.165, 1.54) is 32.1 Å². The molecule has 0 saturated carbocycles. The minimum atomic E-state index is -0.584. The Kier molecular flexibility index (Phi) is 5.83. The molecule has 2 atom stereocenters. The maximum absolute atomic E-state index is 10.4. The van der Waals surface area contributed by atoms with Gasteiger partial charge in [-0.15, -0.1) is 0 Å². The Hall–Kier alpha value is -0.560. The largest absolute Gasteiger partial charge is 0.385 e. The zero-order valence-corrected chi connectivity index (χ0v) is 10.8. The van der Waals surface area contributed by atoms with Crippen molar-refractivity contribution >= 4 is 0 Å². The Balaban J connectivity index is 2.16. The third kappa shape index (κ3) is 4.13. The lowest BCUT2D eigenvalue weighted by Crippen LogP contribution is -2.34. The van der Waals surface area contributed by atoms with E-state index in [9.17, 15) is 5.11 Å². The highest BCUT2D eigenvalue weighted by molar-refractivity contribution is 5.20. The molecule has 2 unspecified atom stereocenters. The first-order chi connectivity index (χ1) is 7.69. The molecule has 0 aliphatic heterocycles. The van der Waals surface area contributed by atoms with Crippen molar-refractivity contribution in [2.24, 2.45) is 5.92 Å². The molecular weight excluding hydrogens is 196 g/mol. The molecule has 0 bridgehead atoms. The SMILES string of the molecule is CCCCCCCCC1(O)C=CC=CC1C. The van der Waals surface area contributed by atoms with E-state index in [1.54, 1.807) is 0 Å². The fraction of sp³-hybridized carbons (Fsp3) is 0.733. The summed E-state index contributed by atoms with van der Waals surface area (Å²) in [6.07, 6.45) is 16.7. The minimum absolute atomic E-state index is 0.258. The minimum Gasteiger partial charge on any atom is -0.385 e. The molecule has 0 amide bonds. The summed E-state index contributed by atoms with van der Waals surface area (Å²) >= 11 is 0. The van der Waals surface area contributed by atoms with Crippen molar-refractivity contribution < 1.29 is 5.11 Å². The van der Waals surface area contributed by atoms with Gasteiger partial charge in [0.1, 0.15) is 0 Å². The topological polar surface area (TPSA) is 20.2 Å². The molecule has 0 aromatic heterocycles. The van der Waals surface area contributed by atoms with Crippen molar-refractivity contribution in [3.63, 3.8) is 0 Å². The molecule has 1 aliphatic rings. The maximum Gasteiger partial charge on any atom is 0.0890 e. The van der Waals surface area contributed by atoms with Gasteiger partial charge in [-0.1, -0.05) is 76.7 Å². The predicted molar refractivity (Wildman–Crippen MR) is 70.4 cm³/mol. The molecule has 0 radical (unpaired) electrons. The summed E-state index contributed by atoms with van der Waals surface area (Å²) in [6, 6.07) is 0. The van der Waals surface area contributed by atoms with Crippen LogP contribution in [0.25, 0.3) is 0 Å². The molecule has 0 aromatic rings. The first-order valence-corrected chi connectivity index (χ1v) is 6.77. The zero-order valence-electron chi connectivity index (χ0n) is 10.8. The monoisotopic (exact) mass is 222 g/mol. The van der Waals surface area contributed by atoms with E-state index in [0.717, 1.165) is 12.8 Å². The highest BCUT2D eigenvalue weighted by Crippen LogP contribution is 2.29. The van der Waals surface area contributed by atoms with Crippen LogP contribution in [0.2, 0.25) is 0 Å². The smallest absolute Gasteiger partial charge is 0.0890 e. The van der Waals surface area contributed by atoms with Crippen molar-refractivity contribution in [2.45, 2.75) is 64.4 Å². The van der Waals surface area contributed by atoms with Crippen LogP contribution < -0.4 is 0 Å². The van der Waals surface area contributed by atoms with Crippen LogP contribution in [-0.2, 0) is 0 Å². The lowest BCUT2D eigenvalue weighted by Gasteiger charge is -2.31. The first kappa shape index (κ1) is 13.5. The molecule has 1 rings (SSSR count). The molecule has 1 heteroatoms. The van der Waals surface area contributed by atoms with Crippen molar-refractivity contribution in [3.05, 3.63) is 24.3 Å². The van der Waals surface area contributed by atoms with Gasteiger partial charge < -0.3 is 5.11 Å². The van der Waals surface area contributed by atoms with E-state index < -0.39 is 5.60 Å². The summed E-state index contributed by atoms with van der Waals surface area (Å²) in [5, 5.41) is 10.4. The Labute approximate surface area is 100 Å². The molecule has 0 heterocycles. The van der Waals surface area contributed by atoms with Crippen LogP contribution in [0.5, 0.6) is 0 Å². The van der Waals surface area contributed by atoms with E-state index in [-0.39, 0.29) is 5.92 Å². The lowest BCUT2D eigenvalue weighted by molar-refractivity contribution is 0.0418. The summed E-state index contributed by atoms with van der Waals surface area (Å²) < 4.78 is 0. The van der Waals surface area contributed by atoms with E-state index in [4.69, 9.17) is 0 Å². The molecule has 1 aliphatic carbocycles. The molecule has 0 fully saturated rings. The standard InChI is InChI=1S/C15H26O/c1-3-4-5-6-7-9-12-15(16)13-10-8-11-14(15)2/h8,10-11,13-14,16H,3-7,9,12H2,1-2H3. The molecule has 1 N–H and O–H groups in total. The van der Waals surface area contributed by atoms with E-state index in [2.05, 4.69) is 19.9 Å². The van der Waals surface area contributed by atoms with Crippen molar-refractivity contribution in [1.29, 1.82) is 0 Å². The van der Waals surface area contributed by atoms with Gasteiger partial charge in [0.2, 0.25) is 0 Å². The summed E-state index contributed by atoms with van der Waals surface area (Å²) in [5.74, 6) is 0.258. The van der Waals surface area contributed by atoms with Gasteiger partial charge in [0.25, 0.3) is 0 Å². The fourth-order valence-corrected chi connectivity index (χ4v) is 2.27. The third-order valence-electron chi connectivity index (χ3n) is 3.62. The summed E-state index contributed by atoms with van der Waals surface area (Å²) in [6.45, 7) is 4.33. The van der Waals surface area contributed by atoms with E-state index >= 15 is 0 Å². The van der Waals surface area contributed by atoms with Crippen LogP contribution in [0.15, 0.2) is 24.3 Å². The Morgan fingerprint density at radius 3 is 2.44 bits per heavy atom. The highest BCUT2D eigenvalue weighted by Gasteiger charge is 2.29. The molecule has 0 saturated heterocycles. The number of allylic oxidation sites excluding steroid dienone is 2. The van der Waals surface area contributed by atoms with E-state index in [1.807, 2.05) is 18.2 Å². The van der Waals surface area contributed by atoms with Gasteiger partial charge in [0.15, 0.2) is 0 Å². The average Bonchev–Trinajstić information content (AvgIpc) is 2.28. The zero-order chi connectivity index (χ0) is 11.9. The summed E-state index contributed by atoms with van der Waals surface area (Å²) in [5.41, 5.74) is -0.584. The molecule has 1 nitrogen and oxygen atoms in total. The second kappa shape index (κ2) is 6.90. The number of aliphatic hydroxyl groups is 1. The molecule has 92 valence electrons. The summed E-state index contributed by atoms with van der Waals surface area (Å²) in [4.78, 5) is 0. The normalized spacial score (nSPS) is 28.6.